The van der Waals surface area contributed by atoms with Gasteiger partial charge in [-0.25, -0.2) is 4.79 Å². The molecule has 5 nitrogen and oxygen atoms in total. The molecule has 0 aliphatic carbocycles. The summed E-state index contributed by atoms with van der Waals surface area (Å²) >= 11 is 0. The van der Waals surface area contributed by atoms with E-state index in [2.05, 4.69) is 5.16 Å². The summed E-state index contributed by atoms with van der Waals surface area (Å²) < 4.78 is 10.4. The van der Waals surface area contributed by atoms with Crippen LogP contribution in [0.3, 0.4) is 0 Å². The number of aryl methyl sites for hydroxylation is 2. The van der Waals surface area contributed by atoms with Crippen molar-refractivity contribution >= 4 is 5.97 Å². The number of hydrogen-bond acceptors (Lipinski definition) is 4. The predicted molar refractivity (Wildman–Crippen MR) is 64.9 cm³/mol. The molecule has 2 rings (SSSR count). The Morgan fingerprint density at radius 1 is 1.33 bits per heavy atom. The summed E-state index contributed by atoms with van der Waals surface area (Å²) in [5.41, 5.74) is 2.61. The number of aromatic nitrogens is 1. The van der Waals surface area contributed by atoms with Crippen LogP contribution in [-0.4, -0.2) is 23.3 Å². The molecule has 94 valence electrons. The minimum atomic E-state index is -1.12. The average Bonchev–Trinajstić information content (AvgIpc) is 2.77. The number of methoxy groups -OCH3 is 1. The van der Waals surface area contributed by atoms with Crippen molar-refractivity contribution in [3.8, 4) is 17.1 Å². The van der Waals surface area contributed by atoms with Crippen molar-refractivity contribution in [1.82, 2.24) is 5.16 Å². The first-order valence-corrected chi connectivity index (χ1v) is 5.38. The van der Waals surface area contributed by atoms with Gasteiger partial charge in [0.1, 0.15) is 5.75 Å². The average molecular weight is 247 g/mol. The Kier molecular flexibility index (Phi) is 3.06. The van der Waals surface area contributed by atoms with Crippen molar-refractivity contribution in [2.45, 2.75) is 13.8 Å². The van der Waals surface area contributed by atoms with E-state index in [4.69, 9.17) is 14.4 Å². The van der Waals surface area contributed by atoms with Crippen molar-refractivity contribution in [3.05, 3.63) is 35.0 Å². The van der Waals surface area contributed by atoms with Crippen LogP contribution in [0.4, 0.5) is 0 Å². The summed E-state index contributed by atoms with van der Waals surface area (Å²) in [6.07, 6.45) is 0. The van der Waals surface area contributed by atoms with E-state index < -0.39 is 5.97 Å². The Bertz CT molecular complexity index is 601. The fraction of sp³-hybridized carbons (Fsp3) is 0.231. The van der Waals surface area contributed by atoms with E-state index in [0.717, 1.165) is 16.7 Å². The lowest BCUT2D eigenvalue weighted by molar-refractivity contribution is 0.0686. The van der Waals surface area contributed by atoms with Crippen LogP contribution in [0.15, 0.2) is 22.7 Å². The molecule has 0 spiro atoms. The predicted octanol–water partition coefficient (Wildman–Crippen LogP) is 2.67. The molecule has 0 aliphatic rings. The number of carboxylic acid groups (broad SMARTS) is 1. The van der Waals surface area contributed by atoms with E-state index in [1.807, 2.05) is 26.0 Å². The van der Waals surface area contributed by atoms with Crippen molar-refractivity contribution in [2.24, 2.45) is 0 Å². The molecule has 0 atom stereocenters. The molecule has 1 N–H and O–H groups in total. The molecule has 0 unspecified atom stereocenters. The number of hydrogen-bond donors (Lipinski definition) is 1. The molecule has 1 heterocycles. The Morgan fingerprint density at radius 3 is 2.61 bits per heavy atom. The number of aromatic carboxylic acids is 1. The number of benzene rings is 1. The lowest BCUT2D eigenvalue weighted by atomic mass is 10.0. The fourth-order valence-corrected chi connectivity index (χ4v) is 1.90. The Hall–Kier alpha value is -2.30. The highest BCUT2D eigenvalue weighted by molar-refractivity contribution is 5.87. The van der Waals surface area contributed by atoms with E-state index >= 15 is 0 Å². The quantitative estimate of drug-likeness (QED) is 0.902. The van der Waals surface area contributed by atoms with Gasteiger partial charge in [0, 0.05) is 6.07 Å². The third kappa shape index (κ3) is 2.07. The molecule has 0 saturated carbocycles. The highest BCUT2D eigenvalue weighted by Crippen LogP contribution is 2.34. The molecule has 0 fully saturated rings. The van der Waals surface area contributed by atoms with Gasteiger partial charge in [-0.2, -0.15) is 0 Å². The van der Waals surface area contributed by atoms with E-state index in [1.165, 1.54) is 6.07 Å². The van der Waals surface area contributed by atoms with Crippen LogP contribution in [0, 0.1) is 13.8 Å². The van der Waals surface area contributed by atoms with Crippen molar-refractivity contribution in [3.63, 3.8) is 0 Å². The molecular weight excluding hydrogens is 234 g/mol. The van der Waals surface area contributed by atoms with Crippen LogP contribution in [0.5, 0.6) is 5.75 Å². The molecule has 0 saturated heterocycles. The standard InChI is InChI=1S/C13H13NO4/c1-7-4-8(2)12(10(5-7)17-3)11-6-9(13(15)16)14-18-11/h4-6H,1-3H3,(H,15,16). The van der Waals surface area contributed by atoms with Gasteiger partial charge in [0.15, 0.2) is 11.5 Å². The number of nitrogens with zero attached hydrogens (tertiary/aromatic N) is 1. The third-order valence-corrected chi connectivity index (χ3v) is 2.64. The first kappa shape index (κ1) is 12.2. The third-order valence-electron chi connectivity index (χ3n) is 2.64. The van der Waals surface area contributed by atoms with Gasteiger partial charge in [-0.1, -0.05) is 11.2 Å². The molecule has 0 bridgehead atoms. The van der Waals surface area contributed by atoms with Gasteiger partial charge in [-0.3, -0.25) is 0 Å². The van der Waals surface area contributed by atoms with Crippen molar-refractivity contribution < 1.29 is 19.2 Å². The maximum absolute atomic E-state index is 10.8. The summed E-state index contributed by atoms with van der Waals surface area (Å²) in [5, 5.41) is 12.3. The van der Waals surface area contributed by atoms with Gasteiger partial charge in [-0.15, -0.1) is 0 Å². The second-order valence-corrected chi connectivity index (χ2v) is 4.04. The maximum atomic E-state index is 10.8. The molecule has 18 heavy (non-hydrogen) atoms. The Balaban J connectivity index is 2.58. The van der Waals surface area contributed by atoms with Crippen LogP contribution >= 0.6 is 0 Å². The second kappa shape index (κ2) is 4.52. The van der Waals surface area contributed by atoms with Crippen molar-refractivity contribution in [2.75, 3.05) is 7.11 Å². The zero-order chi connectivity index (χ0) is 13.3. The lowest BCUT2D eigenvalue weighted by Gasteiger charge is -2.10. The maximum Gasteiger partial charge on any atom is 0.358 e. The molecule has 2 aromatic rings. The topological polar surface area (TPSA) is 72.6 Å². The summed E-state index contributed by atoms with van der Waals surface area (Å²) in [6.45, 7) is 3.87. The van der Waals surface area contributed by atoms with Gasteiger partial charge in [0.2, 0.25) is 0 Å². The number of rotatable bonds is 3. The van der Waals surface area contributed by atoms with Gasteiger partial charge in [0.25, 0.3) is 0 Å². The molecular formula is C13H13NO4. The first-order valence-electron chi connectivity index (χ1n) is 5.38. The monoisotopic (exact) mass is 247 g/mol. The Labute approximate surface area is 104 Å². The summed E-state index contributed by atoms with van der Waals surface area (Å²) in [5.74, 6) is -0.0870. The number of carbonyl (C=O) groups is 1. The van der Waals surface area contributed by atoms with Crippen molar-refractivity contribution in [1.29, 1.82) is 0 Å². The highest BCUT2D eigenvalue weighted by atomic mass is 16.5. The fourth-order valence-electron chi connectivity index (χ4n) is 1.90. The van der Waals surface area contributed by atoms with Gasteiger partial charge in [0.05, 0.1) is 12.7 Å². The molecule has 1 aromatic heterocycles. The minimum Gasteiger partial charge on any atom is -0.496 e. The lowest BCUT2D eigenvalue weighted by Crippen LogP contribution is -1.95. The summed E-state index contributed by atoms with van der Waals surface area (Å²) in [4.78, 5) is 10.8. The van der Waals surface area contributed by atoms with Crippen LogP contribution in [0.1, 0.15) is 21.6 Å². The molecule has 5 heteroatoms. The van der Waals surface area contributed by atoms with Crippen LogP contribution < -0.4 is 4.74 Å². The Morgan fingerprint density at radius 2 is 2.06 bits per heavy atom. The van der Waals surface area contributed by atoms with E-state index in [1.54, 1.807) is 7.11 Å². The summed E-state index contributed by atoms with van der Waals surface area (Å²) in [7, 11) is 1.56. The minimum absolute atomic E-state index is 0.118. The largest absolute Gasteiger partial charge is 0.496 e. The number of ether oxygens (including phenoxy) is 1. The SMILES string of the molecule is COc1cc(C)cc(C)c1-c1cc(C(=O)O)no1. The molecule has 0 radical (unpaired) electrons. The van der Waals surface area contributed by atoms with E-state index in [9.17, 15) is 4.79 Å². The van der Waals surface area contributed by atoms with Crippen LogP contribution in [0.2, 0.25) is 0 Å². The molecule has 0 amide bonds. The smallest absolute Gasteiger partial charge is 0.358 e. The van der Waals surface area contributed by atoms with Gasteiger partial charge in [-0.05, 0) is 31.0 Å². The molecule has 1 aromatic carbocycles. The highest BCUT2D eigenvalue weighted by Gasteiger charge is 2.17. The number of carboxylic acids is 1. The van der Waals surface area contributed by atoms with Gasteiger partial charge >= 0.3 is 5.97 Å². The van der Waals surface area contributed by atoms with E-state index in [0.29, 0.717) is 11.5 Å². The normalized spacial score (nSPS) is 10.4. The zero-order valence-corrected chi connectivity index (χ0v) is 10.4. The van der Waals surface area contributed by atoms with E-state index in [-0.39, 0.29) is 5.69 Å². The van der Waals surface area contributed by atoms with Crippen LogP contribution in [-0.2, 0) is 0 Å². The summed E-state index contributed by atoms with van der Waals surface area (Å²) in [6, 6.07) is 5.23. The zero-order valence-electron chi connectivity index (χ0n) is 10.4. The second-order valence-electron chi connectivity index (χ2n) is 4.04. The first-order chi connectivity index (χ1) is 8.52. The van der Waals surface area contributed by atoms with Gasteiger partial charge < -0.3 is 14.4 Å². The van der Waals surface area contributed by atoms with Crippen LogP contribution in [0.25, 0.3) is 11.3 Å². The molecule has 0 aliphatic heterocycles.